The van der Waals surface area contributed by atoms with E-state index in [-0.39, 0.29) is 27.7 Å². The van der Waals surface area contributed by atoms with Crippen molar-refractivity contribution >= 4 is 61.2 Å². The van der Waals surface area contributed by atoms with E-state index < -0.39 is 58.5 Å². The molecule has 0 aliphatic carbocycles. The van der Waals surface area contributed by atoms with E-state index in [0.717, 1.165) is 54.2 Å². The highest BCUT2D eigenvalue weighted by molar-refractivity contribution is 8.00. The molecule has 0 aromatic heterocycles. The minimum Gasteiger partial charge on any atom is -0.507 e. The molecule has 0 atom stereocenters. The number of carboxylic acid groups (broad SMARTS) is 1. The van der Waals surface area contributed by atoms with Crippen molar-refractivity contribution in [1.82, 2.24) is 9.44 Å². The Morgan fingerprint density at radius 3 is 1.78 bits per heavy atom. The molecule has 0 fully saturated rings. The van der Waals surface area contributed by atoms with Gasteiger partial charge >= 0.3 is 5.97 Å². The molecule has 15 heteroatoms. The third-order valence-electron chi connectivity index (χ3n) is 6.44. The number of carbonyl (C=O) groups excluding carboxylic acids is 2. The summed E-state index contributed by atoms with van der Waals surface area (Å²) in [5.74, 6) is -3.50. The summed E-state index contributed by atoms with van der Waals surface area (Å²) < 4.78 is 55.2. The molecule has 3 aromatic carbocycles. The summed E-state index contributed by atoms with van der Waals surface area (Å²) >= 11 is 7.16. The summed E-state index contributed by atoms with van der Waals surface area (Å²) in [5, 5.41) is 19.6. The lowest BCUT2D eigenvalue weighted by Crippen LogP contribution is -2.33. The molecular weight excluding hydrogens is 664 g/mol. The molecule has 0 spiro atoms. The molecule has 0 saturated heterocycles. The second-order valence-corrected chi connectivity index (χ2v) is 16.9. The summed E-state index contributed by atoms with van der Waals surface area (Å²) in [5.41, 5.74) is -0.0328. The number of phenolic OH excluding ortho intramolecular Hbond substituents is 1. The van der Waals surface area contributed by atoms with Crippen molar-refractivity contribution < 1.29 is 41.4 Å². The van der Waals surface area contributed by atoms with Gasteiger partial charge in [0.15, 0.2) is 0 Å². The van der Waals surface area contributed by atoms with Gasteiger partial charge in [-0.2, -0.15) is 0 Å². The predicted molar refractivity (Wildman–Crippen MR) is 171 cm³/mol. The van der Waals surface area contributed by atoms with Gasteiger partial charge in [-0.3, -0.25) is 9.59 Å². The number of rotatable bonds is 9. The normalized spacial score (nSPS) is 12.4. The second kappa shape index (κ2) is 13.0. The summed E-state index contributed by atoms with van der Waals surface area (Å²) in [6.45, 7) is 11.6. The first-order valence-corrected chi connectivity index (χ1v) is 17.6. The highest BCUT2D eigenvalue weighted by atomic mass is 35.5. The summed E-state index contributed by atoms with van der Waals surface area (Å²) in [6.07, 6.45) is 0. The number of carbonyl (C=O) groups is 3. The zero-order chi connectivity index (χ0) is 34.1. The first-order valence-electron chi connectivity index (χ1n) is 13.3. The van der Waals surface area contributed by atoms with E-state index >= 15 is 0 Å². The topological polar surface area (TPSA) is 184 Å². The number of phenols is 1. The molecule has 45 heavy (non-hydrogen) atoms. The Bertz CT molecular complexity index is 1840. The van der Waals surface area contributed by atoms with Crippen molar-refractivity contribution in [2.75, 3.05) is 5.75 Å². The average molecular weight is 697 g/mol. The van der Waals surface area contributed by atoms with Gasteiger partial charge in [0.1, 0.15) is 10.6 Å². The van der Waals surface area contributed by atoms with Crippen LogP contribution in [0.4, 0.5) is 0 Å². The fourth-order valence-corrected chi connectivity index (χ4v) is 7.43. The third-order valence-corrected chi connectivity index (χ3v) is 10.6. The number of carboxylic acids is 1. The zero-order valence-corrected chi connectivity index (χ0v) is 28.5. The van der Waals surface area contributed by atoms with Crippen LogP contribution in [0.2, 0.25) is 5.02 Å². The van der Waals surface area contributed by atoms with E-state index in [9.17, 15) is 36.3 Å². The summed E-state index contributed by atoms with van der Waals surface area (Å²) in [4.78, 5) is 36.2. The molecule has 3 aromatic rings. The lowest BCUT2D eigenvalue weighted by molar-refractivity contribution is -0.116. The number of amides is 2. The van der Waals surface area contributed by atoms with Crippen molar-refractivity contribution in [3.05, 3.63) is 81.9 Å². The standard InChI is InChI=1S/C30H33ClN2O9S3/c1-29(2,3)21-14-19(15-22(26(21)35)30(4,5)6)43-16-25(34)32-45(41,42)24-13-18(9-12-23(24)31)27(36)33-44(39,40)20-10-7-17(8-11-20)28(37)38/h7-15,35H,16H2,1-6H3,(H,32,34)(H,33,36)(H,37,38). The second-order valence-electron chi connectivity index (χ2n) is 12.1. The van der Waals surface area contributed by atoms with E-state index in [4.69, 9.17) is 16.7 Å². The Labute approximate surface area is 271 Å². The summed E-state index contributed by atoms with van der Waals surface area (Å²) in [6, 6.07) is 10.6. The quantitative estimate of drug-likeness (QED) is 0.221. The Morgan fingerprint density at radius 2 is 1.29 bits per heavy atom. The smallest absolute Gasteiger partial charge is 0.335 e. The van der Waals surface area contributed by atoms with Crippen LogP contribution in [0.25, 0.3) is 0 Å². The fourth-order valence-electron chi connectivity index (χ4n) is 4.09. The zero-order valence-electron chi connectivity index (χ0n) is 25.3. The number of halogens is 1. The molecule has 0 radical (unpaired) electrons. The van der Waals surface area contributed by atoms with Crippen LogP contribution in [-0.2, 0) is 35.7 Å². The van der Waals surface area contributed by atoms with Crippen molar-refractivity contribution in [2.45, 2.75) is 67.1 Å². The fraction of sp³-hybridized carbons (Fsp3) is 0.300. The highest BCUT2D eigenvalue weighted by Crippen LogP contribution is 2.41. The number of hydrogen-bond acceptors (Lipinski definition) is 9. The largest absolute Gasteiger partial charge is 0.507 e. The molecule has 0 unspecified atom stereocenters. The molecule has 4 N–H and O–H groups in total. The Hall–Kier alpha value is -3.59. The summed E-state index contributed by atoms with van der Waals surface area (Å²) in [7, 11) is -9.05. The van der Waals surface area contributed by atoms with Crippen LogP contribution < -0.4 is 9.44 Å². The molecule has 0 aliphatic heterocycles. The van der Waals surface area contributed by atoms with Gasteiger partial charge in [-0.1, -0.05) is 53.1 Å². The van der Waals surface area contributed by atoms with Gasteiger partial charge in [0, 0.05) is 21.6 Å². The number of hydrogen-bond donors (Lipinski definition) is 4. The Balaban J connectivity index is 1.79. The number of thioether (sulfide) groups is 1. The number of aromatic hydroxyl groups is 1. The van der Waals surface area contributed by atoms with Crippen LogP contribution in [0.5, 0.6) is 5.75 Å². The van der Waals surface area contributed by atoms with E-state index in [1.807, 2.05) is 46.3 Å². The minimum atomic E-state index is -4.60. The molecule has 242 valence electrons. The maximum Gasteiger partial charge on any atom is 0.335 e. The van der Waals surface area contributed by atoms with Crippen LogP contribution in [-0.4, -0.2) is 50.6 Å². The van der Waals surface area contributed by atoms with Gasteiger partial charge in [-0.05, 0) is 65.4 Å². The lowest BCUT2D eigenvalue weighted by Gasteiger charge is -2.28. The van der Waals surface area contributed by atoms with Gasteiger partial charge in [0.05, 0.1) is 21.2 Å². The van der Waals surface area contributed by atoms with Gasteiger partial charge in [0.2, 0.25) is 5.91 Å². The van der Waals surface area contributed by atoms with Gasteiger partial charge in [-0.15, -0.1) is 11.8 Å². The maximum absolute atomic E-state index is 13.1. The first kappa shape index (κ1) is 35.9. The molecular formula is C30H33ClN2O9S3. The average Bonchev–Trinajstić information content (AvgIpc) is 2.90. The molecule has 0 aliphatic rings. The van der Waals surface area contributed by atoms with Crippen LogP contribution in [0, 0.1) is 0 Å². The van der Waals surface area contributed by atoms with Crippen LogP contribution in [0.15, 0.2) is 69.3 Å². The number of sulfonamides is 2. The van der Waals surface area contributed by atoms with Crippen molar-refractivity contribution in [3.63, 3.8) is 0 Å². The van der Waals surface area contributed by atoms with Crippen molar-refractivity contribution in [3.8, 4) is 5.75 Å². The number of benzene rings is 3. The van der Waals surface area contributed by atoms with Crippen LogP contribution >= 0.6 is 23.4 Å². The number of aromatic carboxylic acids is 1. The number of nitrogens with one attached hydrogen (secondary N) is 2. The van der Waals surface area contributed by atoms with Crippen molar-refractivity contribution in [1.29, 1.82) is 0 Å². The van der Waals surface area contributed by atoms with Gasteiger partial charge in [-0.25, -0.2) is 31.1 Å². The minimum absolute atomic E-state index is 0.161. The monoisotopic (exact) mass is 696 g/mol. The predicted octanol–water partition coefficient (Wildman–Crippen LogP) is 5.05. The molecule has 0 heterocycles. The van der Waals surface area contributed by atoms with Gasteiger partial charge < -0.3 is 10.2 Å². The SMILES string of the molecule is CC(C)(C)c1cc(SCC(=O)NS(=O)(=O)c2cc(C(=O)NS(=O)(=O)c3ccc(C(=O)O)cc3)ccc2Cl)cc(C(C)(C)C)c1O. The van der Waals surface area contributed by atoms with Crippen molar-refractivity contribution in [2.24, 2.45) is 0 Å². The molecule has 3 rings (SSSR count). The Morgan fingerprint density at radius 1 is 0.778 bits per heavy atom. The van der Waals surface area contributed by atoms with E-state index in [1.165, 1.54) is 0 Å². The lowest BCUT2D eigenvalue weighted by atomic mass is 9.79. The van der Waals surface area contributed by atoms with E-state index in [2.05, 4.69) is 0 Å². The molecule has 2 amide bonds. The molecule has 0 bridgehead atoms. The maximum atomic E-state index is 13.1. The van der Waals surface area contributed by atoms with Crippen LogP contribution in [0.3, 0.4) is 0 Å². The Kier molecular flexibility index (Phi) is 10.4. The third kappa shape index (κ3) is 8.78. The van der Waals surface area contributed by atoms with Gasteiger partial charge in [0.25, 0.3) is 26.0 Å². The molecule has 0 saturated carbocycles. The first-order chi connectivity index (χ1) is 20.5. The van der Waals surface area contributed by atoms with E-state index in [1.54, 1.807) is 16.9 Å². The molecule has 11 nitrogen and oxygen atoms in total. The van der Waals surface area contributed by atoms with Crippen LogP contribution in [0.1, 0.15) is 73.4 Å². The highest BCUT2D eigenvalue weighted by Gasteiger charge is 2.28. The van der Waals surface area contributed by atoms with E-state index in [0.29, 0.717) is 16.0 Å².